The zero-order valence-corrected chi connectivity index (χ0v) is 10.1. The van der Waals surface area contributed by atoms with E-state index in [0.717, 1.165) is 24.8 Å². The van der Waals surface area contributed by atoms with E-state index in [9.17, 15) is 0 Å². The maximum absolute atomic E-state index is 4.49. The van der Waals surface area contributed by atoms with Crippen molar-refractivity contribution in [2.45, 2.75) is 26.2 Å². The van der Waals surface area contributed by atoms with Gasteiger partial charge in [0.25, 0.3) is 0 Å². The number of nitrogens with one attached hydrogen (secondary N) is 1. The van der Waals surface area contributed by atoms with Crippen molar-refractivity contribution in [1.29, 1.82) is 0 Å². The molecule has 1 aliphatic heterocycles. The molecule has 0 amide bonds. The van der Waals surface area contributed by atoms with E-state index in [-0.39, 0.29) is 0 Å². The van der Waals surface area contributed by atoms with Crippen LogP contribution in [0.4, 0.5) is 11.8 Å². The molecule has 1 N–H and O–H groups in total. The van der Waals surface area contributed by atoms with Crippen molar-refractivity contribution in [1.82, 2.24) is 9.97 Å². The highest BCUT2D eigenvalue weighted by molar-refractivity contribution is 5.42. The topological polar surface area (TPSA) is 41.1 Å². The second-order valence-electron chi connectivity index (χ2n) is 4.51. The molecule has 1 aromatic heterocycles. The fourth-order valence-corrected chi connectivity index (χ4v) is 2.14. The van der Waals surface area contributed by atoms with Crippen LogP contribution in [-0.2, 0) is 0 Å². The third kappa shape index (κ3) is 2.62. The number of aromatic nitrogens is 2. The van der Waals surface area contributed by atoms with Gasteiger partial charge in [-0.1, -0.05) is 6.92 Å². The average Bonchev–Trinajstić information content (AvgIpc) is 2.54. The van der Waals surface area contributed by atoms with Crippen LogP contribution in [0.3, 0.4) is 0 Å². The van der Waals surface area contributed by atoms with Crippen LogP contribution in [0.5, 0.6) is 0 Å². The molecule has 0 saturated carbocycles. The molecular formula is C12H20N4. The number of anilines is 2. The van der Waals surface area contributed by atoms with Crippen molar-refractivity contribution in [2.75, 3.05) is 30.4 Å². The fraction of sp³-hybridized carbons (Fsp3) is 0.667. The van der Waals surface area contributed by atoms with Crippen molar-refractivity contribution in [3.63, 3.8) is 0 Å². The normalized spacial score (nSPS) is 21.6. The van der Waals surface area contributed by atoms with Gasteiger partial charge in [0.1, 0.15) is 5.82 Å². The minimum Gasteiger partial charge on any atom is -0.357 e. The Morgan fingerprint density at radius 1 is 1.38 bits per heavy atom. The fourth-order valence-electron chi connectivity index (χ4n) is 2.14. The highest BCUT2D eigenvalue weighted by atomic mass is 15.2. The Bertz CT molecular complexity index is 340. The van der Waals surface area contributed by atoms with Crippen LogP contribution >= 0.6 is 0 Å². The lowest BCUT2D eigenvalue weighted by Crippen LogP contribution is -2.25. The van der Waals surface area contributed by atoms with Crippen LogP contribution in [0.1, 0.15) is 26.2 Å². The van der Waals surface area contributed by atoms with Gasteiger partial charge in [-0.15, -0.1) is 0 Å². The predicted molar refractivity (Wildman–Crippen MR) is 66.8 cm³/mol. The molecule has 1 aliphatic rings. The third-order valence-corrected chi connectivity index (χ3v) is 3.21. The van der Waals surface area contributed by atoms with Gasteiger partial charge in [0.05, 0.1) is 0 Å². The Balaban J connectivity index is 2.10. The van der Waals surface area contributed by atoms with E-state index in [4.69, 9.17) is 0 Å². The molecule has 4 nitrogen and oxygen atoms in total. The third-order valence-electron chi connectivity index (χ3n) is 3.21. The van der Waals surface area contributed by atoms with Crippen molar-refractivity contribution < 1.29 is 0 Å². The Kier molecular flexibility index (Phi) is 3.59. The Morgan fingerprint density at radius 2 is 2.25 bits per heavy atom. The minimum absolute atomic E-state index is 0.704. The van der Waals surface area contributed by atoms with Crippen LogP contribution in [0.15, 0.2) is 12.3 Å². The van der Waals surface area contributed by atoms with Gasteiger partial charge in [-0.25, -0.2) is 4.98 Å². The van der Waals surface area contributed by atoms with E-state index in [1.165, 1.54) is 19.3 Å². The summed E-state index contributed by atoms with van der Waals surface area (Å²) in [5.41, 5.74) is 0. The Hall–Kier alpha value is -1.32. The smallest absolute Gasteiger partial charge is 0.224 e. The quantitative estimate of drug-likeness (QED) is 0.829. The van der Waals surface area contributed by atoms with Crippen molar-refractivity contribution in [3.05, 3.63) is 12.3 Å². The molecule has 2 heterocycles. The lowest BCUT2D eigenvalue weighted by atomic mass is 10.0. The molecule has 0 aliphatic carbocycles. The largest absolute Gasteiger partial charge is 0.357 e. The van der Waals surface area contributed by atoms with Gasteiger partial charge in [-0.2, -0.15) is 4.98 Å². The standard InChI is InChI=1S/C12H20N4/c1-10-4-3-8-16(9-6-10)11-5-7-14-12(13-2)15-11/h5,7,10H,3-4,6,8-9H2,1-2H3,(H,13,14,15). The Morgan fingerprint density at radius 3 is 3.06 bits per heavy atom. The molecule has 0 bridgehead atoms. The van der Waals surface area contributed by atoms with E-state index in [2.05, 4.69) is 27.1 Å². The molecule has 1 atom stereocenters. The number of hydrogen-bond donors (Lipinski definition) is 1. The monoisotopic (exact) mass is 220 g/mol. The zero-order chi connectivity index (χ0) is 11.4. The summed E-state index contributed by atoms with van der Waals surface area (Å²) in [6.45, 7) is 4.56. The summed E-state index contributed by atoms with van der Waals surface area (Å²) in [5.74, 6) is 2.60. The highest BCUT2D eigenvalue weighted by Gasteiger charge is 2.15. The van der Waals surface area contributed by atoms with Crippen LogP contribution < -0.4 is 10.2 Å². The van der Waals surface area contributed by atoms with E-state index >= 15 is 0 Å². The Labute approximate surface area is 97.1 Å². The maximum atomic E-state index is 4.49. The van der Waals surface area contributed by atoms with Gasteiger partial charge in [0.15, 0.2) is 0 Å². The first-order chi connectivity index (χ1) is 7.79. The second-order valence-corrected chi connectivity index (χ2v) is 4.51. The molecule has 0 radical (unpaired) electrons. The van der Waals surface area contributed by atoms with Gasteiger partial charge in [0, 0.05) is 26.3 Å². The van der Waals surface area contributed by atoms with Crippen LogP contribution in [0.25, 0.3) is 0 Å². The van der Waals surface area contributed by atoms with E-state index in [0.29, 0.717) is 5.95 Å². The summed E-state index contributed by atoms with van der Waals surface area (Å²) in [5, 5.41) is 2.98. The first kappa shape index (κ1) is 11.2. The zero-order valence-electron chi connectivity index (χ0n) is 10.1. The summed E-state index contributed by atoms with van der Waals surface area (Å²) < 4.78 is 0. The summed E-state index contributed by atoms with van der Waals surface area (Å²) in [6.07, 6.45) is 5.68. The molecular weight excluding hydrogens is 200 g/mol. The van der Waals surface area contributed by atoms with Crippen molar-refractivity contribution in [2.24, 2.45) is 5.92 Å². The van der Waals surface area contributed by atoms with Crippen LogP contribution in [-0.4, -0.2) is 30.1 Å². The van der Waals surface area contributed by atoms with E-state index < -0.39 is 0 Å². The van der Waals surface area contributed by atoms with Crippen LogP contribution in [0.2, 0.25) is 0 Å². The van der Waals surface area contributed by atoms with Gasteiger partial charge >= 0.3 is 0 Å². The molecule has 4 heteroatoms. The van der Waals surface area contributed by atoms with Crippen molar-refractivity contribution >= 4 is 11.8 Å². The average molecular weight is 220 g/mol. The maximum Gasteiger partial charge on any atom is 0.224 e. The lowest BCUT2D eigenvalue weighted by molar-refractivity contribution is 0.521. The molecule has 88 valence electrons. The van der Waals surface area contributed by atoms with Gasteiger partial charge < -0.3 is 10.2 Å². The molecule has 0 spiro atoms. The van der Waals surface area contributed by atoms with Gasteiger partial charge in [0.2, 0.25) is 5.95 Å². The van der Waals surface area contributed by atoms with E-state index in [1.807, 2.05) is 19.3 Å². The molecule has 1 aromatic rings. The first-order valence-corrected chi connectivity index (χ1v) is 6.05. The summed E-state index contributed by atoms with van der Waals surface area (Å²) in [4.78, 5) is 11.0. The van der Waals surface area contributed by atoms with Gasteiger partial charge in [-0.05, 0) is 31.2 Å². The predicted octanol–water partition coefficient (Wildman–Crippen LogP) is 2.14. The minimum atomic E-state index is 0.704. The molecule has 1 saturated heterocycles. The van der Waals surface area contributed by atoms with E-state index in [1.54, 1.807) is 0 Å². The molecule has 1 unspecified atom stereocenters. The molecule has 0 aromatic carbocycles. The summed E-state index contributed by atoms with van der Waals surface area (Å²) in [6, 6.07) is 2.00. The van der Waals surface area contributed by atoms with Crippen LogP contribution in [0, 0.1) is 5.92 Å². The second kappa shape index (κ2) is 5.14. The number of rotatable bonds is 2. The first-order valence-electron chi connectivity index (χ1n) is 6.05. The lowest BCUT2D eigenvalue weighted by Gasteiger charge is -2.21. The molecule has 2 rings (SSSR count). The SMILES string of the molecule is CNc1nccc(N2CCCC(C)CC2)n1. The number of hydrogen-bond acceptors (Lipinski definition) is 4. The van der Waals surface area contributed by atoms with Crippen molar-refractivity contribution in [3.8, 4) is 0 Å². The van der Waals surface area contributed by atoms with Gasteiger partial charge in [-0.3, -0.25) is 0 Å². The number of nitrogens with zero attached hydrogens (tertiary/aromatic N) is 3. The summed E-state index contributed by atoms with van der Waals surface area (Å²) >= 11 is 0. The molecule has 16 heavy (non-hydrogen) atoms. The highest BCUT2D eigenvalue weighted by Crippen LogP contribution is 2.21. The summed E-state index contributed by atoms with van der Waals surface area (Å²) in [7, 11) is 1.85. The molecule has 1 fully saturated rings.